The van der Waals surface area contributed by atoms with E-state index in [0.29, 0.717) is 11.4 Å². The fourth-order valence-electron chi connectivity index (χ4n) is 2.53. The Morgan fingerprint density at radius 2 is 1.86 bits per heavy atom. The molecule has 1 saturated heterocycles. The van der Waals surface area contributed by atoms with Gasteiger partial charge in [0.2, 0.25) is 5.91 Å². The first-order valence-corrected chi connectivity index (χ1v) is 7.58. The summed E-state index contributed by atoms with van der Waals surface area (Å²) in [6.07, 6.45) is 1.93. The van der Waals surface area contributed by atoms with Gasteiger partial charge in [0.1, 0.15) is 0 Å². The number of carbonyl (C=O) groups excluding carboxylic acids is 2. The van der Waals surface area contributed by atoms with Crippen molar-refractivity contribution in [2.45, 2.75) is 32.7 Å². The summed E-state index contributed by atoms with van der Waals surface area (Å²) < 4.78 is 0. The lowest BCUT2D eigenvalue weighted by Gasteiger charge is -2.29. The molecule has 0 saturated carbocycles. The van der Waals surface area contributed by atoms with E-state index in [-0.39, 0.29) is 18.0 Å². The van der Waals surface area contributed by atoms with E-state index in [4.69, 9.17) is 0 Å². The number of likely N-dealkylation sites (tertiary alicyclic amines) is 1. The molecule has 1 aromatic rings. The van der Waals surface area contributed by atoms with Gasteiger partial charge in [-0.3, -0.25) is 4.79 Å². The minimum Gasteiger partial charge on any atom is -0.335 e. The van der Waals surface area contributed by atoms with Crippen molar-refractivity contribution in [3.63, 3.8) is 0 Å². The molecule has 1 fully saturated rings. The zero-order valence-electron chi connectivity index (χ0n) is 13.4. The molecular formula is C16H24N4O2. The Morgan fingerprint density at radius 1 is 1.18 bits per heavy atom. The molecule has 3 amide bonds. The van der Waals surface area contributed by atoms with E-state index in [1.54, 1.807) is 6.07 Å². The van der Waals surface area contributed by atoms with E-state index in [0.717, 1.165) is 31.5 Å². The van der Waals surface area contributed by atoms with Crippen LogP contribution in [0.25, 0.3) is 0 Å². The van der Waals surface area contributed by atoms with Crippen molar-refractivity contribution in [3.8, 4) is 0 Å². The summed E-state index contributed by atoms with van der Waals surface area (Å²) in [7, 11) is 2.09. The molecule has 0 atom stereocenters. The number of amides is 3. The van der Waals surface area contributed by atoms with Gasteiger partial charge >= 0.3 is 6.03 Å². The molecule has 6 nitrogen and oxygen atoms in total. The third-order valence-electron chi connectivity index (χ3n) is 3.86. The number of benzene rings is 1. The monoisotopic (exact) mass is 304 g/mol. The molecule has 0 bridgehead atoms. The highest BCUT2D eigenvalue weighted by Gasteiger charge is 2.18. The van der Waals surface area contributed by atoms with Crippen molar-refractivity contribution in [1.29, 1.82) is 0 Å². The molecule has 1 heterocycles. The van der Waals surface area contributed by atoms with Crippen LogP contribution in [0.4, 0.5) is 16.2 Å². The summed E-state index contributed by atoms with van der Waals surface area (Å²) in [5.41, 5.74) is 2.33. The van der Waals surface area contributed by atoms with Crippen LogP contribution in [0.15, 0.2) is 18.2 Å². The topological polar surface area (TPSA) is 73.5 Å². The lowest BCUT2D eigenvalue weighted by molar-refractivity contribution is -0.114. The van der Waals surface area contributed by atoms with Crippen molar-refractivity contribution in [1.82, 2.24) is 10.2 Å². The quantitative estimate of drug-likeness (QED) is 0.801. The molecule has 0 spiro atoms. The fraction of sp³-hybridized carbons (Fsp3) is 0.500. The maximum absolute atomic E-state index is 12.1. The van der Waals surface area contributed by atoms with Crippen LogP contribution in [0.2, 0.25) is 0 Å². The molecular weight excluding hydrogens is 280 g/mol. The molecule has 0 aliphatic carbocycles. The maximum atomic E-state index is 12.1. The van der Waals surface area contributed by atoms with Crippen molar-refractivity contribution in [2.75, 3.05) is 30.8 Å². The van der Waals surface area contributed by atoms with Crippen molar-refractivity contribution in [2.24, 2.45) is 0 Å². The standard InChI is InChI=1S/C16H24N4O2/c1-11-4-5-14(17-12(2)21)10-15(11)19-16(22)18-13-6-8-20(3)9-7-13/h4-5,10,13H,6-9H2,1-3H3,(H,17,21)(H2,18,19,22). The summed E-state index contributed by atoms with van der Waals surface area (Å²) in [5.74, 6) is -0.134. The SMILES string of the molecule is CC(=O)Nc1ccc(C)c(NC(=O)NC2CCN(C)CC2)c1. The van der Waals surface area contributed by atoms with E-state index in [1.807, 2.05) is 19.1 Å². The maximum Gasteiger partial charge on any atom is 0.319 e. The van der Waals surface area contributed by atoms with E-state index >= 15 is 0 Å². The number of rotatable bonds is 3. The van der Waals surface area contributed by atoms with Crippen LogP contribution in [0.3, 0.4) is 0 Å². The summed E-state index contributed by atoms with van der Waals surface area (Å²) in [5, 5.41) is 8.59. The van der Waals surface area contributed by atoms with Crippen LogP contribution >= 0.6 is 0 Å². The smallest absolute Gasteiger partial charge is 0.319 e. The van der Waals surface area contributed by atoms with Crippen molar-refractivity contribution < 1.29 is 9.59 Å². The molecule has 1 aliphatic heterocycles. The van der Waals surface area contributed by atoms with Gasteiger partial charge in [-0.2, -0.15) is 0 Å². The zero-order chi connectivity index (χ0) is 16.1. The van der Waals surface area contributed by atoms with Crippen LogP contribution in [-0.4, -0.2) is 43.0 Å². The van der Waals surface area contributed by atoms with E-state index in [9.17, 15) is 9.59 Å². The fourth-order valence-corrected chi connectivity index (χ4v) is 2.53. The molecule has 120 valence electrons. The highest BCUT2D eigenvalue weighted by Crippen LogP contribution is 2.20. The Morgan fingerprint density at radius 3 is 2.50 bits per heavy atom. The van der Waals surface area contributed by atoms with Gasteiger partial charge < -0.3 is 20.9 Å². The Kier molecular flexibility index (Phi) is 5.38. The summed E-state index contributed by atoms with van der Waals surface area (Å²) in [6.45, 7) is 5.38. The Labute approximate surface area is 131 Å². The number of carbonyl (C=O) groups is 2. The molecule has 1 aromatic carbocycles. The molecule has 3 N–H and O–H groups in total. The third kappa shape index (κ3) is 4.73. The summed E-state index contributed by atoms with van der Waals surface area (Å²) in [6, 6.07) is 5.48. The number of urea groups is 1. The number of aryl methyl sites for hydroxylation is 1. The average molecular weight is 304 g/mol. The zero-order valence-corrected chi connectivity index (χ0v) is 13.4. The number of hydrogen-bond acceptors (Lipinski definition) is 3. The van der Waals surface area contributed by atoms with Crippen LogP contribution in [0, 0.1) is 6.92 Å². The number of nitrogens with one attached hydrogen (secondary N) is 3. The Hall–Kier alpha value is -2.08. The Balaban J connectivity index is 1.94. The number of hydrogen-bond donors (Lipinski definition) is 3. The van der Waals surface area contributed by atoms with Crippen LogP contribution < -0.4 is 16.0 Å². The highest BCUT2D eigenvalue weighted by molar-refractivity contribution is 5.93. The van der Waals surface area contributed by atoms with Gasteiger partial charge in [-0.25, -0.2) is 4.79 Å². The van der Waals surface area contributed by atoms with E-state index in [2.05, 4.69) is 27.9 Å². The first kappa shape index (κ1) is 16.3. The lowest BCUT2D eigenvalue weighted by atomic mass is 10.1. The molecule has 0 unspecified atom stereocenters. The van der Waals surface area contributed by atoms with Crippen LogP contribution in [-0.2, 0) is 4.79 Å². The molecule has 1 aliphatic rings. The van der Waals surface area contributed by atoms with E-state index < -0.39 is 0 Å². The van der Waals surface area contributed by atoms with Gasteiger partial charge in [0.15, 0.2) is 0 Å². The number of piperidine rings is 1. The molecule has 0 aromatic heterocycles. The first-order chi connectivity index (χ1) is 10.4. The second-order valence-electron chi connectivity index (χ2n) is 5.89. The van der Waals surface area contributed by atoms with Crippen LogP contribution in [0.5, 0.6) is 0 Å². The van der Waals surface area contributed by atoms with Crippen molar-refractivity contribution in [3.05, 3.63) is 23.8 Å². The second-order valence-corrected chi connectivity index (χ2v) is 5.89. The number of anilines is 2. The van der Waals surface area contributed by atoms with Gasteiger partial charge in [0.05, 0.1) is 0 Å². The molecule has 2 rings (SSSR count). The van der Waals surface area contributed by atoms with Gasteiger partial charge in [0, 0.05) is 24.3 Å². The number of nitrogens with zero attached hydrogens (tertiary/aromatic N) is 1. The van der Waals surface area contributed by atoms with Gasteiger partial charge in [0.25, 0.3) is 0 Å². The highest BCUT2D eigenvalue weighted by atomic mass is 16.2. The summed E-state index contributed by atoms with van der Waals surface area (Å²) in [4.78, 5) is 25.5. The minimum atomic E-state index is -0.197. The van der Waals surface area contributed by atoms with Crippen molar-refractivity contribution >= 4 is 23.3 Å². The van der Waals surface area contributed by atoms with Crippen LogP contribution in [0.1, 0.15) is 25.3 Å². The average Bonchev–Trinajstić information content (AvgIpc) is 2.44. The third-order valence-corrected chi connectivity index (χ3v) is 3.86. The molecule has 0 radical (unpaired) electrons. The van der Waals surface area contributed by atoms with Gasteiger partial charge in [-0.15, -0.1) is 0 Å². The lowest BCUT2D eigenvalue weighted by Crippen LogP contribution is -2.44. The largest absolute Gasteiger partial charge is 0.335 e. The molecule has 6 heteroatoms. The second kappa shape index (κ2) is 7.26. The summed E-state index contributed by atoms with van der Waals surface area (Å²) >= 11 is 0. The van der Waals surface area contributed by atoms with Gasteiger partial charge in [-0.05, 0) is 57.6 Å². The van der Waals surface area contributed by atoms with E-state index in [1.165, 1.54) is 6.92 Å². The predicted octanol–water partition coefficient (Wildman–Crippen LogP) is 2.17. The minimum absolute atomic E-state index is 0.134. The normalized spacial score (nSPS) is 16.1. The van der Waals surface area contributed by atoms with Gasteiger partial charge in [-0.1, -0.05) is 6.07 Å². The molecule has 22 heavy (non-hydrogen) atoms. The first-order valence-electron chi connectivity index (χ1n) is 7.58. The Bertz CT molecular complexity index is 551. The predicted molar refractivity (Wildman–Crippen MR) is 88.2 cm³/mol.